The van der Waals surface area contributed by atoms with Gasteiger partial charge in [0.05, 0.1) is 26.2 Å². The number of nitrogens with one attached hydrogen (secondary N) is 1. The van der Waals surface area contributed by atoms with Gasteiger partial charge in [-0.05, 0) is 31.2 Å². The lowest BCUT2D eigenvalue weighted by molar-refractivity contribution is 0.102. The third-order valence-electron chi connectivity index (χ3n) is 2.91. The van der Waals surface area contributed by atoms with Crippen molar-refractivity contribution in [3.63, 3.8) is 0 Å². The average Bonchev–Trinajstić information content (AvgIpc) is 3.10. The fraction of sp³-hybridized carbons (Fsp3) is 0.0667. The third-order valence-corrected chi connectivity index (χ3v) is 5.51. The second-order valence-electron chi connectivity index (χ2n) is 4.50. The van der Waals surface area contributed by atoms with E-state index in [9.17, 15) is 4.79 Å². The van der Waals surface area contributed by atoms with Crippen molar-refractivity contribution in [1.29, 1.82) is 0 Å². The summed E-state index contributed by atoms with van der Waals surface area (Å²) in [6.07, 6.45) is 0. The Morgan fingerprint density at radius 1 is 1.23 bits per heavy atom. The first-order valence-electron chi connectivity index (χ1n) is 6.32. The topological polar surface area (TPSA) is 42.0 Å². The first kappa shape index (κ1) is 15.5. The van der Waals surface area contributed by atoms with Crippen LogP contribution in [0.25, 0.3) is 10.6 Å². The Morgan fingerprint density at radius 3 is 2.77 bits per heavy atom. The molecule has 0 spiro atoms. The number of carbonyl (C=O) groups is 1. The largest absolute Gasteiger partial charge is 0.298 e. The highest BCUT2D eigenvalue weighted by Gasteiger charge is 2.15. The van der Waals surface area contributed by atoms with Gasteiger partial charge in [0.25, 0.3) is 5.91 Å². The number of halogens is 2. The van der Waals surface area contributed by atoms with Crippen molar-refractivity contribution in [3.8, 4) is 10.6 Å². The number of thiazole rings is 1. The third kappa shape index (κ3) is 3.17. The lowest BCUT2D eigenvalue weighted by Crippen LogP contribution is -2.12. The van der Waals surface area contributed by atoms with Crippen LogP contribution in [0.2, 0.25) is 10.0 Å². The molecule has 7 heteroatoms. The monoisotopic (exact) mass is 368 g/mol. The van der Waals surface area contributed by atoms with Crippen molar-refractivity contribution in [2.24, 2.45) is 0 Å². The van der Waals surface area contributed by atoms with Crippen LogP contribution in [0.15, 0.2) is 35.7 Å². The number of carbonyl (C=O) groups excluding carboxylic acids is 1. The molecule has 0 aliphatic rings. The number of rotatable bonds is 3. The van der Waals surface area contributed by atoms with Crippen molar-refractivity contribution in [2.45, 2.75) is 6.92 Å². The first-order valence-corrected chi connectivity index (χ1v) is 8.77. The summed E-state index contributed by atoms with van der Waals surface area (Å²) in [5.41, 5.74) is 1.19. The molecule has 0 saturated heterocycles. The van der Waals surface area contributed by atoms with Crippen LogP contribution in [-0.4, -0.2) is 10.9 Å². The van der Waals surface area contributed by atoms with Crippen molar-refractivity contribution in [1.82, 2.24) is 4.98 Å². The van der Waals surface area contributed by atoms with Gasteiger partial charge in [0.2, 0.25) is 0 Å². The number of hydrogen-bond acceptors (Lipinski definition) is 4. The zero-order valence-electron chi connectivity index (χ0n) is 11.4. The Labute approximate surface area is 145 Å². The molecule has 0 unspecified atom stereocenters. The average molecular weight is 369 g/mol. The summed E-state index contributed by atoms with van der Waals surface area (Å²) >= 11 is 15.0. The Bertz CT molecular complexity index is 842. The van der Waals surface area contributed by atoms with Gasteiger partial charge in [-0.2, -0.15) is 0 Å². The molecule has 0 saturated carbocycles. The fourth-order valence-corrected chi connectivity index (χ4v) is 3.85. The van der Waals surface area contributed by atoms with E-state index in [1.807, 2.05) is 24.4 Å². The minimum atomic E-state index is -0.323. The van der Waals surface area contributed by atoms with Crippen molar-refractivity contribution < 1.29 is 4.79 Å². The van der Waals surface area contributed by atoms with Gasteiger partial charge in [-0.3, -0.25) is 10.1 Å². The fourth-order valence-electron chi connectivity index (χ4n) is 1.86. The van der Waals surface area contributed by atoms with Gasteiger partial charge in [-0.25, -0.2) is 4.98 Å². The van der Waals surface area contributed by atoms with Gasteiger partial charge < -0.3 is 0 Å². The Kier molecular flexibility index (Phi) is 4.49. The number of thiophene rings is 1. The molecule has 112 valence electrons. The zero-order valence-corrected chi connectivity index (χ0v) is 14.5. The van der Waals surface area contributed by atoms with E-state index in [0.29, 0.717) is 15.7 Å². The minimum absolute atomic E-state index is 0.243. The molecule has 3 aromatic rings. The summed E-state index contributed by atoms with van der Waals surface area (Å²) in [4.78, 5) is 19.0. The molecule has 0 bridgehead atoms. The molecule has 1 aromatic carbocycles. The Hall–Kier alpha value is -1.40. The summed E-state index contributed by atoms with van der Waals surface area (Å²) < 4.78 is 0. The highest BCUT2D eigenvalue weighted by Crippen LogP contribution is 2.31. The number of benzene rings is 1. The van der Waals surface area contributed by atoms with Crippen LogP contribution in [0, 0.1) is 6.92 Å². The molecule has 1 amide bonds. The smallest absolute Gasteiger partial charge is 0.259 e. The predicted octanol–water partition coefficient (Wildman–Crippen LogP) is 5.74. The van der Waals surface area contributed by atoms with Gasteiger partial charge in [0.1, 0.15) is 0 Å². The molecule has 3 rings (SSSR count). The van der Waals surface area contributed by atoms with Crippen LogP contribution < -0.4 is 5.32 Å². The number of anilines is 1. The van der Waals surface area contributed by atoms with Gasteiger partial charge >= 0.3 is 0 Å². The van der Waals surface area contributed by atoms with E-state index < -0.39 is 0 Å². The van der Waals surface area contributed by atoms with Crippen LogP contribution in [0.3, 0.4) is 0 Å². The highest BCUT2D eigenvalue weighted by molar-refractivity contribution is 7.17. The predicted molar refractivity (Wildman–Crippen MR) is 94.6 cm³/mol. The molecule has 0 fully saturated rings. The zero-order chi connectivity index (χ0) is 15.7. The quantitative estimate of drug-likeness (QED) is 0.640. The SMILES string of the molecule is Cc1ccc(-c2csc(NC(=O)c3cccc(Cl)c3Cl)n2)s1. The van der Waals surface area contributed by atoms with Gasteiger partial charge in [-0.1, -0.05) is 29.3 Å². The Morgan fingerprint density at radius 2 is 2.05 bits per heavy atom. The summed E-state index contributed by atoms with van der Waals surface area (Å²) in [7, 11) is 0. The summed E-state index contributed by atoms with van der Waals surface area (Å²) in [5.74, 6) is -0.323. The van der Waals surface area contributed by atoms with E-state index in [1.54, 1.807) is 29.5 Å². The van der Waals surface area contributed by atoms with Crippen molar-refractivity contribution in [2.75, 3.05) is 5.32 Å². The van der Waals surface area contributed by atoms with Crippen LogP contribution in [0.4, 0.5) is 5.13 Å². The molecule has 22 heavy (non-hydrogen) atoms. The van der Waals surface area contributed by atoms with Gasteiger partial charge in [0, 0.05) is 10.3 Å². The van der Waals surface area contributed by atoms with Crippen molar-refractivity contribution >= 4 is 56.9 Å². The van der Waals surface area contributed by atoms with E-state index in [1.165, 1.54) is 16.2 Å². The number of hydrogen-bond donors (Lipinski definition) is 1. The molecule has 3 nitrogen and oxygen atoms in total. The summed E-state index contributed by atoms with van der Waals surface area (Å²) in [6.45, 7) is 2.05. The second kappa shape index (κ2) is 6.38. The van der Waals surface area contributed by atoms with Crippen molar-refractivity contribution in [3.05, 3.63) is 56.2 Å². The van der Waals surface area contributed by atoms with Crippen LogP contribution in [-0.2, 0) is 0 Å². The van der Waals surface area contributed by atoms with E-state index in [4.69, 9.17) is 23.2 Å². The molecule has 1 N–H and O–H groups in total. The van der Waals surface area contributed by atoms with E-state index in [-0.39, 0.29) is 10.9 Å². The van der Waals surface area contributed by atoms with E-state index >= 15 is 0 Å². The minimum Gasteiger partial charge on any atom is -0.298 e. The molecular formula is C15H10Cl2N2OS2. The lowest BCUT2D eigenvalue weighted by atomic mass is 10.2. The van der Waals surface area contributed by atoms with Crippen LogP contribution in [0.5, 0.6) is 0 Å². The normalized spacial score (nSPS) is 10.7. The van der Waals surface area contributed by atoms with Gasteiger partial charge in [-0.15, -0.1) is 22.7 Å². The number of aryl methyl sites for hydroxylation is 1. The second-order valence-corrected chi connectivity index (χ2v) is 7.43. The number of aromatic nitrogens is 1. The standard InChI is InChI=1S/C15H10Cl2N2OS2/c1-8-5-6-12(22-8)11-7-21-15(18-11)19-14(20)9-3-2-4-10(16)13(9)17/h2-7H,1H3,(H,18,19,20). The number of nitrogens with zero attached hydrogens (tertiary/aromatic N) is 1. The highest BCUT2D eigenvalue weighted by atomic mass is 35.5. The van der Waals surface area contributed by atoms with E-state index in [2.05, 4.69) is 10.3 Å². The van der Waals surface area contributed by atoms with E-state index in [0.717, 1.165) is 10.6 Å². The first-order chi connectivity index (χ1) is 10.5. The molecular weight excluding hydrogens is 359 g/mol. The van der Waals surface area contributed by atoms with Crippen LogP contribution >= 0.6 is 45.9 Å². The summed E-state index contributed by atoms with van der Waals surface area (Å²) in [5, 5.41) is 5.79. The van der Waals surface area contributed by atoms with Crippen LogP contribution in [0.1, 0.15) is 15.2 Å². The maximum Gasteiger partial charge on any atom is 0.259 e. The molecule has 0 radical (unpaired) electrons. The van der Waals surface area contributed by atoms with Gasteiger partial charge in [0.15, 0.2) is 5.13 Å². The maximum atomic E-state index is 12.3. The number of amides is 1. The molecule has 0 aliphatic carbocycles. The molecule has 0 atom stereocenters. The molecule has 0 aliphatic heterocycles. The summed E-state index contributed by atoms with van der Waals surface area (Å²) in [6, 6.07) is 9.02. The molecule has 2 aromatic heterocycles. The Balaban J connectivity index is 1.80. The lowest BCUT2D eigenvalue weighted by Gasteiger charge is -2.04. The maximum absolute atomic E-state index is 12.3. The molecule has 2 heterocycles.